The van der Waals surface area contributed by atoms with E-state index in [0.29, 0.717) is 6.04 Å². The van der Waals surface area contributed by atoms with Crippen molar-refractivity contribution in [3.8, 4) is 0 Å². The maximum atomic E-state index is 10.2. The Labute approximate surface area is 61.6 Å². The third kappa shape index (κ3) is 1.68. The van der Waals surface area contributed by atoms with E-state index < -0.39 is 0 Å². The monoisotopic (exact) mass is 140 g/mol. The molecule has 56 valence electrons. The van der Waals surface area contributed by atoms with Crippen LogP contribution in [0.3, 0.4) is 0 Å². The molecule has 0 saturated heterocycles. The van der Waals surface area contributed by atoms with Crippen molar-refractivity contribution < 1.29 is 9.37 Å². The minimum atomic E-state index is 0.478. The molecule has 0 radical (unpaired) electrons. The van der Waals surface area contributed by atoms with Crippen LogP contribution in [0.2, 0.25) is 0 Å². The molecule has 2 heteroatoms. The number of nitrogens with zero attached hydrogens (tertiary/aromatic N) is 1. The van der Waals surface area contributed by atoms with Crippen LogP contribution >= 0.6 is 0 Å². The molecular weight excluding hydrogens is 126 g/mol. The zero-order valence-corrected chi connectivity index (χ0v) is 6.47. The van der Waals surface area contributed by atoms with Crippen LogP contribution in [0, 0.1) is 0 Å². The second-order valence-corrected chi connectivity index (χ2v) is 2.99. The van der Waals surface area contributed by atoms with Crippen molar-refractivity contribution in [2.24, 2.45) is 0 Å². The molecule has 0 unspecified atom stereocenters. The largest absolute Gasteiger partial charge is 0.424 e. The van der Waals surface area contributed by atoms with Gasteiger partial charge in [-0.2, -0.15) is 9.37 Å². The fourth-order valence-electron chi connectivity index (χ4n) is 1.54. The van der Waals surface area contributed by atoms with Crippen molar-refractivity contribution in [2.45, 2.75) is 38.1 Å². The van der Waals surface area contributed by atoms with Gasteiger partial charge in [0, 0.05) is 12.8 Å². The van der Waals surface area contributed by atoms with Crippen LogP contribution in [-0.2, 0) is 4.79 Å². The molecule has 1 saturated carbocycles. The quantitative estimate of drug-likeness (QED) is 0.305. The lowest BCUT2D eigenvalue weighted by atomic mass is 9.95. The van der Waals surface area contributed by atoms with Gasteiger partial charge in [0.05, 0.1) is 0 Å². The molecule has 0 aromatic heterocycles. The van der Waals surface area contributed by atoms with Gasteiger partial charge in [-0.3, -0.25) is 0 Å². The summed E-state index contributed by atoms with van der Waals surface area (Å²) in [6.07, 6.45) is 8.15. The van der Waals surface area contributed by atoms with Crippen molar-refractivity contribution >= 4 is 6.08 Å². The lowest BCUT2D eigenvalue weighted by Gasteiger charge is -2.14. The summed E-state index contributed by atoms with van der Waals surface area (Å²) >= 11 is 0. The molecule has 0 spiro atoms. The highest BCUT2D eigenvalue weighted by molar-refractivity contribution is 5.24. The van der Waals surface area contributed by atoms with Crippen molar-refractivity contribution in [1.82, 2.24) is 0 Å². The molecule has 1 aliphatic carbocycles. The summed E-state index contributed by atoms with van der Waals surface area (Å²) in [4.78, 5) is 10.2. The van der Waals surface area contributed by atoms with Gasteiger partial charge in [-0.15, -0.1) is 0 Å². The van der Waals surface area contributed by atoms with Crippen LogP contribution in [0.25, 0.3) is 0 Å². The fraction of sp³-hybridized carbons (Fsp3) is 0.875. The third-order valence-electron chi connectivity index (χ3n) is 2.27. The van der Waals surface area contributed by atoms with E-state index in [0.717, 1.165) is 0 Å². The first-order chi connectivity index (χ1) is 4.84. The van der Waals surface area contributed by atoms with Crippen molar-refractivity contribution in [3.63, 3.8) is 0 Å². The third-order valence-corrected chi connectivity index (χ3v) is 2.27. The van der Waals surface area contributed by atoms with Crippen LogP contribution in [-0.4, -0.2) is 23.7 Å². The van der Waals surface area contributed by atoms with Crippen LogP contribution < -0.4 is 0 Å². The zero-order chi connectivity index (χ0) is 7.40. The number of carbonyl (C=O) groups excluding carboxylic acids is 1. The van der Waals surface area contributed by atoms with Crippen molar-refractivity contribution in [1.29, 1.82) is 0 Å². The molecule has 1 fully saturated rings. The Hall–Kier alpha value is -0.620. The van der Waals surface area contributed by atoms with E-state index in [2.05, 4.69) is 0 Å². The molecule has 0 heterocycles. The number of rotatable bonds is 1. The Morgan fingerprint density at radius 2 is 1.90 bits per heavy atom. The van der Waals surface area contributed by atoms with E-state index in [1.807, 2.05) is 13.1 Å². The Kier molecular flexibility index (Phi) is 2.64. The van der Waals surface area contributed by atoms with Crippen LogP contribution in [0.4, 0.5) is 0 Å². The first-order valence-corrected chi connectivity index (χ1v) is 3.95. The van der Waals surface area contributed by atoms with E-state index >= 15 is 0 Å². The Morgan fingerprint density at radius 1 is 1.30 bits per heavy atom. The van der Waals surface area contributed by atoms with Gasteiger partial charge in [0.1, 0.15) is 7.05 Å². The second kappa shape index (κ2) is 3.52. The van der Waals surface area contributed by atoms with Crippen LogP contribution in [0.1, 0.15) is 32.1 Å². The summed E-state index contributed by atoms with van der Waals surface area (Å²) in [5.41, 5.74) is 0. The lowest BCUT2D eigenvalue weighted by molar-refractivity contribution is -0.539. The molecule has 0 N–H and O–H groups in total. The zero-order valence-electron chi connectivity index (χ0n) is 6.47. The van der Waals surface area contributed by atoms with Crippen molar-refractivity contribution in [3.05, 3.63) is 0 Å². The maximum absolute atomic E-state index is 10.2. The smallest absolute Gasteiger partial charge is 0.159 e. The molecule has 10 heavy (non-hydrogen) atoms. The first kappa shape index (κ1) is 7.49. The van der Waals surface area contributed by atoms with Gasteiger partial charge in [0.15, 0.2) is 6.04 Å². The molecule has 0 aromatic carbocycles. The predicted molar refractivity (Wildman–Crippen MR) is 38.8 cm³/mol. The maximum Gasteiger partial charge on any atom is 0.424 e. The number of hydrogen-bond acceptors (Lipinski definition) is 1. The molecule has 0 aliphatic heterocycles. The summed E-state index contributed by atoms with van der Waals surface area (Å²) in [6, 6.07) is 0.478. The summed E-state index contributed by atoms with van der Waals surface area (Å²) < 4.78 is 1.68. The van der Waals surface area contributed by atoms with Gasteiger partial charge in [0.25, 0.3) is 0 Å². The minimum Gasteiger partial charge on any atom is -0.159 e. The number of isocyanates is 1. The fourth-order valence-corrected chi connectivity index (χ4v) is 1.54. The van der Waals surface area contributed by atoms with Gasteiger partial charge in [-0.1, -0.05) is 6.42 Å². The molecule has 0 aromatic rings. The summed E-state index contributed by atoms with van der Waals surface area (Å²) in [5.74, 6) is 0. The highest BCUT2D eigenvalue weighted by Crippen LogP contribution is 2.18. The molecular formula is C8H14NO+. The SMILES string of the molecule is C[N+](=C=O)C1CCCCC1. The second-order valence-electron chi connectivity index (χ2n) is 2.99. The van der Waals surface area contributed by atoms with Gasteiger partial charge >= 0.3 is 6.08 Å². The van der Waals surface area contributed by atoms with Crippen LogP contribution in [0.5, 0.6) is 0 Å². The molecule has 0 amide bonds. The number of hydrogen-bond donors (Lipinski definition) is 0. The molecule has 1 rings (SSSR count). The predicted octanol–water partition coefficient (Wildman–Crippen LogP) is 1.30. The lowest BCUT2D eigenvalue weighted by Crippen LogP contribution is -2.24. The first-order valence-electron chi connectivity index (χ1n) is 3.95. The molecule has 2 nitrogen and oxygen atoms in total. The molecule has 1 aliphatic rings. The normalized spacial score (nSPS) is 20.1. The summed E-state index contributed by atoms with van der Waals surface area (Å²) in [5, 5.41) is 0. The minimum absolute atomic E-state index is 0.478. The van der Waals surface area contributed by atoms with E-state index in [4.69, 9.17) is 0 Å². The highest BCUT2D eigenvalue weighted by Gasteiger charge is 2.20. The Balaban J connectivity index is 2.46. The van der Waals surface area contributed by atoms with Gasteiger partial charge < -0.3 is 0 Å². The Bertz CT molecular complexity index is 153. The standard InChI is InChI=1S/C8H14NO/c1-9(7-10)8-5-3-2-4-6-8/h8H,2-6H2,1H3/q+1. The van der Waals surface area contributed by atoms with Crippen LogP contribution in [0.15, 0.2) is 0 Å². The van der Waals surface area contributed by atoms with E-state index in [1.165, 1.54) is 32.1 Å². The average Bonchev–Trinajstić information content (AvgIpc) is 2.05. The molecule has 0 bridgehead atoms. The highest BCUT2D eigenvalue weighted by atomic mass is 16.1. The summed E-state index contributed by atoms with van der Waals surface area (Å²) in [6.45, 7) is 0. The van der Waals surface area contributed by atoms with Gasteiger partial charge in [-0.05, 0) is 12.8 Å². The Morgan fingerprint density at radius 3 is 2.40 bits per heavy atom. The average molecular weight is 140 g/mol. The van der Waals surface area contributed by atoms with Gasteiger partial charge in [-0.25, -0.2) is 0 Å². The van der Waals surface area contributed by atoms with Gasteiger partial charge in [0.2, 0.25) is 0 Å². The van der Waals surface area contributed by atoms with E-state index in [9.17, 15) is 4.79 Å². The molecule has 0 atom stereocenters. The van der Waals surface area contributed by atoms with Crippen molar-refractivity contribution in [2.75, 3.05) is 7.05 Å². The topological polar surface area (TPSA) is 20.1 Å². The van der Waals surface area contributed by atoms with E-state index in [-0.39, 0.29) is 0 Å². The van der Waals surface area contributed by atoms with E-state index in [1.54, 1.807) is 4.58 Å². The summed E-state index contributed by atoms with van der Waals surface area (Å²) in [7, 11) is 1.82.